The first-order valence-electron chi connectivity index (χ1n) is 6.05. The van der Waals surface area contributed by atoms with Crippen LogP contribution < -0.4 is 5.73 Å². The van der Waals surface area contributed by atoms with Crippen molar-refractivity contribution in [3.63, 3.8) is 0 Å². The van der Waals surface area contributed by atoms with Crippen LogP contribution in [0.5, 0.6) is 0 Å². The number of ketones is 1. The number of rotatable bonds is 3. The number of carbonyl (C=O) groups is 1. The molecule has 0 aliphatic heterocycles. The van der Waals surface area contributed by atoms with E-state index in [-0.39, 0.29) is 0 Å². The van der Waals surface area contributed by atoms with Crippen molar-refractivity contribution in [2.75, 3.05) is 0 Å². The third-order valence-corrected chi connectivity index (χ3v) is 3.99. The van der Waals surface area contributed by atoms with Gasteiger partial charge in [-0.2, -0.15) is 0 Å². The van der Waals surface area contributed by atoms with Crippen LogP contribution in [0.15, 0.2) is 0 Å². The van der Waals surface area contributed by atoms with E-state index in [0.717, 1.165) is 25.7 Å². The Hall–Kier alpha value is -0.370. The Morgan fingerprint density at radius 3 is 2.36 bits per heavy atom. The predicted molar refractivity (Wildman–Crippen MR) is 56.9 cm³/mol. The zero-order chi connectivity index (χ0) is 9.97. The molecule has 2 nitrogen and oxygen atoms in total. The minimum Gasteiger partial charge on any atom is -0.327 e. The fraction of sp³-hybridized carbons (Fsp3) is 0.917. The van der Waals surface area contributed by atoms with Gasteiger partial charge in [-0.25, -0.2) is 0 Å². The van der Waals surface area contributed by atoms with Crippen molar-refractivity contribution in [1.82, 2.24) is 0 Å². The molecular weight excluding hydrogens is 174 g/mol. The third kappa shape index (κ3) is 2.17. The Morgan fingerprint density at radius 2 is 1.79 bits per heavy atom. The second-order valence-corrected chi connectivity index (χ2v) is 5.01. The van der Waals surface area contributed by atoms with Crippen LogP contribution >= 0.6 is 0 Å². The van der Waals surface area contributed by atoms with E-state index in [2.05, 4.69) is 0 Å². The van der Waals surface area contributed by atoms with Gasteiger partial charge in [-0.3, -0.25) is 4.79 Å². The summed E-state index contributed by atoms with van der Waals surface area (Å²) in [7, 11) is 0. The topological polar surface area (TPSA) is 43.1 Å². The van der Waals surface area contributed by atoms with Gasteiger partial charge in [0.15, 0.2) is 0 Å². The Labute approximate surface area is 86.2 Å². The summed E-state index contributed by atoms with van der Waals surface area (Å²) in [6, 6.07) is 0.299. The van der Waals surface area contributed by atoms with E-state index < -0.39 is 0 Å². The van der Waals surface area contributed by atoms with Gasteiger partial charge in [-0.15, -0.1) is 0 Å². The molecule has 0 spiro atoms. The maximum Gasteiger partial charge on any atom is 0.136 e. The summed E-state index contributed by atoms with van der Waals surface area (Å²) >= 11 is 0. The lowest BCUT2D eigenvalue weighted by Gasteiger charge is -2.31. The van der Waals surface area contributed by atoms with E-state index in [9.17, 15) is 4.79 Å². The minimum absolute atomic E-state index is 0.299. The van der Waals surface area contributed by atoms with Crippen LogP contribution in [0, 0.1) is 11.8 Å². The highest BCUT2D eigenvalue weighted by Crippen LogP contribution is 2.32. The highest BCUT2D eigenvalue weighted by Gasteiger charge is 2.30. The van der Waals surface area contributed by atoms with Gasteiger partial charge in [0.25, 0.3) is 0 Å². The van der Waals surface area contributed by atoms with E-state index in [1.807, 2.05) is 0 Å². The first kappa shape index (κ1) is 10.2. The zero-order valence-corrected chi connectivity index (χ0v) is 8.87. The first-order chi connectivity index (χ1) is 6.77. The van der Waals surface area contributed by atoms with Gasteiger partial charge in [0.1, 0.15) is 5.78 Å². The molecule has 0 aromatic heterocycles. The van der Waals surface area contributed by atoms with E-state index in [1.165, 1.54) is 25.7 Å². The largest absolute Gasteiger partial charge is 0.327 e. The minimum atomic E-state index is 0.299. The number of Topliss-reactive ketones (excluding diaryl/α,β-unsaturated/α-hetero) is 1. The Balaban J connectivity index is 1.79. The number of carbonyl (C=O) groups excluding carboxylic acids is 1. The Kier molecular flexibility index (Phi) is 3.22. The fourth-order valence-electron chi connectivity index (χ4n) is 2.65. The van der Waals surface area contributed by atoms with Crippen LogP contribution in [-0.2, 0) is 4.79 Å². The summed E-state index contributed by atoms with van der Waals surface area (Å²) in [5.74, 6) is 1.40. The first-order valence-corrected chi connectivity index (χ1v) is 6.05. The van der Waals surface area contributed by atoms with Crippen molar-refractivity contribution in [1.29, 1.82) is 0 Å². The second-order valence-electron chi connectivity index (χ2n) is 5.01. The summed E-state index contributed by atoms with van der Waals surface area (Å²) < 4.78 is 0. The molecule has 2 aliphatic carbocycles. The lowest BCUT2D eigenvalue weighted by Crippen LogP contribution is -2.36. The van der Waals surface area contributed by atoms with Crippen molar-refractivity contribution in [3.05, 3.63) is 0 Å². The Bertz CT molecular complexity index is 210. The summed E-state index contributed by atoms with van der Waals surface area (Å²) in [5.41, 5.74) is 6.03. The van der Waals surface area contributed by atoms with Crippen LogP contribution in [-0.4, -0.2) is 11.8 Å². The van der Waals surface area contributed by atoms with E-state index in [4.69, 9.17) is 5.73 Å². The molecule has 0 bridgehead atoms. The Morgan fingerprint density at radius 1 is 1.07 bits per heavy atom. The maximum absolute atomic E-state index is 11.8. The molecule has 0 radical (unpaired) electrons. The second kappa shape index (κ2) is 4.43. The smallest absolute Gasteiger partial charge is 0.136 e. The molecule has 0 aromatic rings. The summed E-state index contributed by atoms with van der Waals surface area (Å²) in [5, 5.41) is 0. The quantitative estimate of drug-likeness (QED) is 0.750. The lowest BCUT2D eigenvalue weighted by atomic mass is 9.75. The fourth-order valence-corrected chi connectivity index (χ4v) is 2.65. The van der Waals surface area contributed by atoms with Crippen LogP contribution in [0.25, 0.3) is 0 Å². The molecule has 2 heteroatoms. The van der Waals surface area contributed by atoms with Gasteiger partial charge in [0.2, 0.25) is 0 Å². The molecule has 2 rings (SSSR count). The molecule has 2 saturated carbocycles. The van der Waals surface area contributed by atoms with Crippen LogP contribution in [0.3, 0.4) is 0 Å². The third-order valence-electron chi connectivity index (χ3n) is 3.99. The molecular formula is C12H21NO. The standard InChI is InChI=1S/C12H21NO/c13-11-7-2-1-4-10(11)8-12(14)9-5-3-6-9/h9-11H,1-8,13H2. The van der Waals surface area contributed by atoms with Crippen molar-refractivity contribution in [2.45, 2.75) is 57.4 Å². The molecule has 2 aliphatic rings. The average Bonchev–Trinajstić information content (AvgIpc) is 2.05. The summed E-state index contributed by atoms with van der Waals surface area (Å²) in [6.45, 7) is 0. The number of hydrogen-bond acceptors (Lipinski definition) is 2. The predicted octanol–water partition coefficient (Wildman–Crippen LogP) is 2.26. The monoisotopic (exact) mass is 195 g/mol. The van der Waals surface area contributed by atoms with Gasteiger partial charge in [-0.1, -0.05) is 19.3 Å². The summed E-state index contributed by atoms with van der Waals surface area (Å²) in [6.07, 6.45) is 9.15. The molecule has 0 heterocycles. The van der Waals surface area contributed by atoms with E-state index >= 15 is 0 Å². The summed E-state index contributed by atoms with van der Waals surface area (Å²) in [4.78, 5) is 11.8. The number of hydrogen-bond donors (Lipinski definition) is 1. The molecule has 0 aromatic carbocycles. The van der Waals surface area contributed by atoms with Crippen LogP contribution in [0.1, 0.15) is 51.4 Å². The molecule has 2 N–H and O–H groups in total. The molecule has 80 valence electrons. The molecule has 14 heavy (non-hydrogen) atoms. The van der Waals surface area contributed by atoms with E-state index in [1.54, 1.807) is 0 Å². The van der Waals surface area contributed by atoms with Gasteiger partial charge < -0.3 is 5.73 Å². The van der Waals surface area contributed by atoms with Gasteiger partial charge in [0.05, 0.1) is 0 Å². The van der Waals surface area contributed by atoms with Crippen LogP contribution in [0.2, 0.25) is 0 Å². The molecule has 0 saturated heterocycles. The lowest BCUT2D eigenvalue weighted by molar-refractivity contribution is -0.126. The molecule has 2 fully saturated rings. The maximum atomic E-state index is 11.8. The number of nitrogens with two attached hydrogens (primary N) is 1. The van der Waals surface area contributed by atoms with Gasteiger partial charge in [0, 0.05) is 18.4 Å². The van der Waals surface area contributed by atoms with Gasteiger partial charge in [-0.05, 0) is 31.6 Å². The highest BCUT2D eigenvalue weighted by atomic mass is 16.1. The van der Waals surface area contributed by atoms with Crippen LogP contribution in [0.4, 0.5) is 0 Å². The van der Waals surface area contributed by atoms with E-state index in [0.29, 0.717) is 23.7 Å². The normalized spacial score (nSPS) is 33.8. The average molecular weight is 195 g/mol. The molecule has 2 unspecified atom stereocenters. The van der Waals surface area contributed by atoms with Crippen molar-refractivity contribution < 1.29 is 4.79 Å². The highest BCUT2D eigenvalue weighted by molar-refractivity contribution is 5.82. The molecule has 2 atom stereocenters. The SMILES string of the molecule is NC1CCCCC1CC(=O)C1CCC1. The zero-order valence-electron chi connectivity index (χ0n) is 8.87. The molecule has 0 amide bonds. The van der Waals surface area contributed by atoms with Gasteiger partial charge >= 0.3 is 0 Å². The van der Waals surface area contributed by atoms with Crippen molar-refractivity contribution >= 4 is 5.78 Å². The van der Waals surface area contributed by atoms with Crippen molar-refractivity contribution in [3.8, 4) is 0 Å². The van der Waals surface area contributed by atoms with Crippen molar-refractivity contribution in [2.24, 2.45) is 17.6 Å².